The zero-order chi connectivity index (χ0) is 17.3. The third kappa shape index (κ3) is 2.90. The van der Waals surface area contributed by atoms with Crippen molar-refractivity contribution in [2.75, 3.05) is 25.6 Å². The molecule has 3 rings (SSSR count). The molecule has 1 saturated heterocycles. The lowest BCUT2D eigenvalue weighted by Crippen LogP contribution is -2.31. The van der Waals surface area contributed by atoms with Gasteiger partial charge in [-0.05, 0) is 6.92 Å². The molecule has 0 saturated carbocycles. The molecule has 1 aliphatic heterocycles. The maximum atomic E-state index is 14.0. The molecule has 1 aliphatic rings. The number of halogens is 2. The number of nitrogens with zero attached hydrogens (tertiary/aromatic N) is 2. The van der Waals surface area contributed by atoms with Gasteiger partial charge in [-0.15, -0.1) is 0 Å². The van der Waals surface area contributed by atoms with Crippen molar-refractivity contribution in [3.8, 4) is 11.6 Å². The number of nitrogens with two attached hydrogens (primary N) is 1. The standard InChI is InChI=1S/C15H15F2N3O4/c1-2-23-15(21)10-5-19-20(9-6-22-7-9)14(10)24-13-11(16)3-8(18)4-12(13)17/h3-5,9H,2,6-7,18H2,1H3. The first-order valence-corrected chi connectivity index (χ1v) is 7.26. The van der Waals surface area contributed by atoms with Gasteiger partial charge in [-0.1, -0.05) is 0 Å². The monoisotopic (exact) mass is 339 g/mol. The van der Waals surface area contributed by atoms with Crippen molar-refractivity contribution in [3.05, 3.63) is 35.5 Å². The molecule has 2 N–H and O–H groups in total. The molecule has 2 aromatic rings. The highest BCUT2D eigenvalue weighted by atomic mass is 19.1. The van der Waals surface area contributed by atoms with Crippen molar-refractivity contribution in [3.63, 3.8) is 0 Å². The van der Waals surface area contributed by atoms with E-state index >= 15 is 0 Å². The summed E-state index contributed by atoms with van der Waals surface area (Å²) in [5, 5.41) is 4.06. The van der Waals surface area contributed by atoms with E-state index in [1.165, 1.54) is 10.9 Å². The van der Waals surface area contributed by atoms with Gasteiger partial charge in [0, 0.05) is 17.8 Å². The van der Waals surface area contributed by atoms with Crippen LogP contribution in [0.15, 0.2) is 18.3 Å². The van der Waals surface area contributed by atoms with Gasteiger partial charge in [-0.2, -0.15) is 5.10 Å². The van der Waals surface area contributed by atoms with Crippen molar-refractivity contribution in [2.24, 2.45) is 0 Å². The molecule has 0 atom stereocenters. The van der Waals surface area contributed by atoms with Gasteiger partial charge in [0.05, 0.1) is 26.0 Å². The van der Waals surface area contributed by atoms with Crippen LogP contribution in [0, 0.1) is 11.6 Å². The highest BCUT2D eigenvalue weighted by molar-refractivity contribution is 5.91. The van der Waals surface area contributed by atoms with Gasteiger partial charge < -0.3 is 19.9 Å². The average molecular weight is 339 g/mol. The Morgan fingerprint density at radius 1 is 1.42 bits per heavy atom. The zero-order valence-electron chi connectivity index (χ0n) is 12.8. The highest BCUT2D eigenvalue weighted by Crippen LogP contribution is 2.34. The molecular weight excluding hydrogens is 324 g/mol. The summed E-state index contributed by atoms with van der Waals surface area (Å²) in [5.41, 5.74) is 5.28. The molecular formula is C15H15F2N3O4. The van der Waals surface area contributed by atoms with Gasteiger partial charge in [0.15, 0.2) is 11.6 Å². The van der Waals surface area contributed by atoms with Crippen LogP contribution in [0.25, 0.3) is 0 Å². The van der Waals surface area contributed by atoms with Gasteiger partial charge in [0.1, 0.15) is 11.6 Å². The number of hydrogen-bond donors (Lipinski definition) is 1. The largest absolute Gasteiger partial charge is 0.462 e. The van der Waals surface area contributed by atoms with Crippen LogP contribution in [0.5, 0.6) is 11.6 Å². The maximum absolute atomic E-state index is 14.0. The number of hydrogen-bond acceptors (Lipinski definition) is 6. The van der Waals surface area contributed by atoms with Gasteiger partial charge in [0.25, 0.3) is 0 Å². The molecule has 0 unspecified atom stereocenters. The lowest BCUT2D eigenvalue weighted by molar-refractivity contribution is -0.0311. The fourth-order valence-corrected chi connectivity index (χ4v) is 2.20. The maximum Gasteiger partial charge on any atom is 0.345 e. The summed E-state index contributed by atoms with van der Waals surface area (Å²) >= 11 is 0. The Hall–Kier alpha value is -2.68. The summed E-state index contributed by atoms with van der Waals surface area (Å²) in [6.45, 7) is 2.49. The van der Waals surface area contributed by atoms with E-state index in [0.29, 0.717) is 13.2 Å². The third-order valence-electron chi connectivity index (χ3n) is 3.43. The van der Waals surface area contributed by atoms with E-state index in [1.54, 1.807) is 6.92 Å². The molecule has 24 heavy (non-hydrogen) atoms. The Morgan fingerprint density at radius 3 is 2.62 bits per heavy atom. The summed E-state index contributed by atoms with van der Waals surface area (Å²) in [5.74, 6) is -3.45. The third-order valence-corrected chi connectivity index (χ3v) is 3.43. The fourth-order valence-electron chi connectivity index (χ4n) is 2.20. The number of rotatable bonds is 5. The number of anilines is 1. The topological polar surface area (TPSA) is 88.6 Å². The Labute approximate surface area is 135 Å². The molecule has 2 heterocycles. The lowest BCUT2D eigenvalue weighted by Gasteiger charge is -2.27. The average Bonchev–Trinajstić information content (AvgIpc) is 2.84. The quantitative estimate of drug-likeness (QED) is 0.664. The molecule has 9 heteroatoms. The summed E-state index contributed by atoms with van der Waals surface area (Å²) in [6, 6.07) is 1.66. The first-order valence-electron chi connectivity index (χ1n) is 7.26. The molecule has 1 aromatic heterocycles. The smallest absolute Gasteiger partial charge is 0.345 e. The predicted octanol–water partition coefficient (Wildman–Crippen LogP) is 2.28. The summed E-state index contributed by atoms with van der Waals surface area (Å²) in [7, 11) is 0. The minimum atomic E-state index is -0.986. The van der Waals surface area contributed by atoms with Gasteiger partial charge >= 0.3 is 5.97 Å². The molecule has 128 valence electrons. The van der Waals surface area contributed by atoms with E-state index in [1.807, 2.05) is 0 Å². The summed E-state index contributed by atoms with van der Waals surface area (Å²) < 4.78 is 44.7. The molecule has 7 nitrogen and oxygen atoms in total. The van der Waals surface area contributed by atoms with Crippen LogP contribution in [0.2, 0.25) is 0 Å². The zero-order valence-corrected chi connectivity index (χ0v) is 12.8. The summed E-state index contributed by atoms with van der Waals surface area (Å²) in [6.07, 6.45) is 1.23. The van der Waals surface area contributed by atoms with Crippen molar-refractivity contribution in [1.82, 2.24) is 9.78 Å². The normalized spacial score (nSPS) is 14.3. The van der Waals surface area contributed by atoms with E-state index in [9.17, 15) is 13.6 Å². The van der Waals surface area contributed by atoms with Crippen LogP contribution in [0.4, 0.5) is 14.5 Å². The minimum Gasteiger partial charge on any atom is -0.462 e. The van der Waals surface area contributed by atoms with Crippen LogP contribution >= 0.6 is 0 Å². The SMILES string of the molecule is CCOC(=O)c1cnn(C2COC2)c1Oc1c(F)cc(N)cc1F. The lowest BCUT2D eigenvalue weighted by atomic mass is 10.2. The van der Waals surface area contributed by atoms with Crippen LogP contribution < -0.4 is 10.5 Å². The second kappa shape index (κ2) is 6.44. The van der Waals surface area contributed by atoms with E-state index < -0.39 is 23.4 Å². The first-order chi connectivity index (χ1) is 11.5. The first kappa shape index (κ1) is 16.2. The van der Waals surface area contributed by atoms with Crippen molar-refractivity contribution >= 4 is 11.7 Å². The van der Waals surface area contributed by atoms with E-state index in [4.69, 9.17) is 19.9 Å². The Morgan fingerprint density at radius 2 is 2.08 bits per heavy atom. The predicted molar refractivity (Wildman–Crippen MR) is 78.9 cm³/mol. The Balaban J connectivity index is 2.02. The molecule has 0 bridgehead atoms. The Kier molecular flexibility index (Phi) is 4.34. The van der Waals surface area contributed by atoms with E-state index in [2.05, 4.69) is 5.10 Å². The van der Waals surface area contributed by atoms with E-state index in [0.717, 1.165) is 12.1 Å². The number of carbonyl (C=O) groups is 1. The van der Waals surface area contributed by atoms with Crippen molar-refractivity contribution < 1.29 is 27.8 Å². The van der Waals surface area contributed by atoms with E-state index in [-0.39, 0.29) is 29.8 Å². The van der Waals surface area contributed by atoms with Crippen molar-refractivity contribution in [1.29, 1.82) is 0 Å². The number of carbonyl (C=O) groups excluding carboxylic acids is 1. The fraction of sp³-hybridized carbons (Fsp3) is 0.333. The second-order valence-electron chi connectivity index (χ2n) is 5.14. The molecule has 1 aromatic carbocycles. The van der Waals surface area contributed by atoms with Gasteiger partial charge in [0.2, 0.25) is 11.6 Å². The molecule has 0 amide bonds. The Bertz CT molecular complexity index is 751. The van der Waals surface area contributed by atoms with Crippen molar-refractivity contribution in [2.45, 2.75) is 13.0 Å². The van der Waals surface area contributed by atoms with Crippen LogP contribution in [0.3, 0.4) is 0 Å². The molecule has 0 spiro atoms. The minimum absolute atomic E-state index is 0.0284. The van der Waals surface area contributed by atoms with Gasteiger partial charge in [-0.3, -0.25) is 0 Å². The highest BCUT2D eigenvalue weighted by Gasteiger charge is 2.30. The number of ether oxygens (including phenoxy) is 3. The number of aromatic nitrogens is 2. The molecule has 0 aliphatic carbocycles. The molecule has 1 fully saturated rings. The summed E-state index contributed by atoms with van der Waals surface area (Å²) in [4.78, 5) is 12.0. The van der Waals surface area contributed by atoms with Crippen LogP contribution in [-0.2, 0) is 9.47 Å². The number of nitrogen functional groups attached to an aromatic ring is 1. The number of esters is 1. The van der Waals surface area contributed by atoms with Crippen LogP contribution in [0.1, 0.15) is 23.3 Å². The van der Waals surface area contributed by atoms with Gasteiger partial charge in [-0.25, -0.2) is 18.3 Å². The second-order valence-corrected chi connectivity index (χ2v) is 5.14. The molecule has 0 radical (unpaired) electrons. The van der Waals surface area contributed by atoms with Crippen LogP contribution in [-0.4, -0.2) is 35.6 Å². The number of benzene rings is 1.